The van der Waals surface area contributed by atoms with Crippen LogP contribution in [0.1, 0.15) is 54.9 Å². The van der Waals surface area contributed by atoms with E-state index >= 15 is 0 Å². The molecule has 29 heavy (non-hydrogen) atoms. The topological polar surface area (TPSA) is 52.6 Å². The minimum atomic E-state index is 0. The first-order valence-electron chi connectivity index (χ1n) is 11.0. The van der Waals surface area contributed by atoms with Gasteiger partial charge in [-0.1, -0.05) is 12.1 Å². The van der Waals surface area contributed by atoms with Crippen molar-refractivity contribution >= 4 is 24.2 Å². The highest BCUT2D eigenvalue weighted by Gasteiger charge is 2.44. The summed E-state index contributed by atoms with van der Waals surface area (Å²) in [5.41, 5.74) is 2.22. The zero-order valence-electron chi connectivity index (χ0n) is 17.5. The molecule has 1 spiro atoms. The Labute approximate surface area is 180 Å². The van der Waals surface area contributed by atoms with Crippen molar-refractivity contribution in [3.8, 4) is 0 Å². The van der Waals surface area contributed by atoms with Gasteiger partial charge in [0.25, 0.3) is 5.91 Å². The molecule has 1 N–H and O–H groups in total. The lowest BCUT2D eigenvalue weighted by atomic mass is 9.77. The fourth-order valence-corrected chi connectivity index (χ4v) is 5.19. The first-order valence-corrected chi connectivity index (χ1v) is 11.0. The van der Waals surface area contributed by atoms with Gasteiger partial charge in [0, 0.05) is 43.6 Å². The number of hydrogen-bond donors (Lipinski definition) is 1. The fraction of sp³-hybridized carbons (Fsp3) is 0.652. The maximum atomic E-state index is 12.9. The molecule has 3 saturated heterocycles. The van der Waals surface area contributed by atoms with Gasteiger partial charge >= 0.3 is 0 Å². The van der Waals surface area contributed by atoms with Crippen LogP contribution in [0.5, 0.6) is 0 Å². The number of rotatable bonds is 4. The molecule has 160 valence electrons. The molecule has 0 saturated carbocycles. The maximum Gasteiger partial charge on any atom is 0.253 e. The van der Waals surface area contributed by atoms with E-state index < -0.39 is 0 Å². The molecule has 3 heterocycles. The molecule has 1 aromatic rings. The van der Waals surface area contributed by atoms with E-state index in [2.05, 4.69) is 17.4 Å². The molecule has 3 aliphatic rings. The highest BCUT2D eigenvalue weighted by atomic mass is 35.5. The lowest BCUT2D eigenvalue weighted by molar-refractivity contribution is -0.127. The lowest BCUT2D eigenvalue weighted by Crippen LogP contribution is -2.44. The number of piperidine rings is 2. The van der Waals surface area contributed by atoms with Crippen molar-refractivity contribution in [3.63, 3.8) is 0 Å². The summed E-state index contributed by atoms with van der Waals surface area (Å²) in [6.07, 6.45) is 6.19. The summed E-state index contributed by atoms with van der Waals surface area (Å²) in [5, 5.41) is 3.47. The molecule has 6 heteroatoms. The summed E-state index contributed by atoms with van der Waals surface area (Å²) in [4.78, 5) is 29.0. The molecule has 0 bridgehead atoms. The summed E-state index contributed by atoms with van der Waals surface area (Å²) in [5.74, 6) is 1.13. The molecule has 4 rings (SSSR count). The largest absolute Gasteiger partial charge is 0.342 e. The Morgan fingerprint density at radius 2 is 1.93 bits per heavy atom. The standard InChI is InChI=1S/C23H33N3O2.ClH/c1-2-25-17-23(15-21(25)27)9-12-26(13-10-23)22(28)20-7-5-18(6-8-20)14-19-4-3-11-24-16-19;/h5-8,19,24H,2-4,9-17H2,1H3;1H. The van der Waals surface area contributed by atoms with Crippen LogP contribution in [0, 0.1) is 11.3 Å². The maximum absolute atomic E-state index is 12.9. The molecule has 0 aliphatic carbocycles. The number of nitrogens with zero attached hydrogens (tertiary/aromatic N) is 2. The molecule has 1 atom stereocenters. The van der Waals surface area contributed by atoms with Crippen molar-refractivity contribution in [2.45, 2.75) is 45.4 Å². The second kappa shape index (κ2) is 9.48. The predicted octanol–water partition coefficient (Wildman–Crippen LogP) is 3.13. The highest BCUT2D eigenvalue weighted by Crippen LogP contribution is 2.41. The Morgan fingerprint density at radius 3 is 2.52 bits per heavy atom. The number of halogens is 1. The molecule has 2 amide bonds. The van der Waals surface area contributed by atoms with Crippen molar-refractivity contribution in [1.29, 1.82) is 0 Å². The molecule has 0 aromatic heterocycles. The second-order valence-corrected chi connectivity index (χ2v) is 8.99. The van der Waals surface area contributed by atoms with Crippen LogP contribution in [0.4, 0.5) is 0 Å². The van der Waals surface area contributed by atoms with E-state index in [1.165, 1.54) is 18.4 Å². The molecule has 1 aromatic carbocycles. The SMILES string of the molecule is CCN1CC2(CCN(C(=O)c3ccc(CC4CCCNC4)cc3)CC2)CC1=O.Cl. The predicted molar refractivity (Wildman–Crippen MR) is 117 cm³/mol. The van der Waals surface area contributed by atoms with Gasteiger partial charge in [0.05, 0.1) is 0 Å². The Hall–Kier alpha value is -1.59. The van der Waals surface area contributed by atoms with Crippen LogP contribution in [0.25, 0.3) is 0 Å². The van der Waals surface area contributed by atoms with Gasteiger partial charge in [0.1, 0.15) is 0 Å². The Kier molecular flexibility index (Phi) is 7.23. The summed E-state index contributed by atoms with van der Waals surface area (Å²) in [6.45, 7) is 7.49. The number of carbonyl (C=O) groups excluding carboxylic acids is 2. The average molecular weight is 420 g/mol. The van der Waals surface area contributed by atoms with Crippen LogP contribution in [0.2, 0.25) is 0 Å². The Morgan fingerprint density at radius 1 is 1.21 bits per heavy atom. The van der Waals surface area contributed by atoms with Gasteiger partial charge in [-0.3, -0.25) is 9.59 Å². The van der Waals surface area contributed by atoms with Crippen LogP contribution < -0.4 is 5.32 Å². The minimum absolute atomic E-state index is 0. The van der Waals surface area contributed by atoms with Gasteiger partial charge in [-0.25, -0.2) is 0 Å². The average Bonchev–Trinajstić information content (AvgIpc) is 3.04. The van der Waals surface area contributed by atoms with Gasteiger partial charge in [-0.2, -0.15) is 0 Å². The van der Waals surface area contributed by atoms with Crippen molar-refractivity contribution in [1.82, 2.24) is 15.1 Å². The third kappa shape index (κ3) is 4.95. The molecular formula is C23H34ClN3O2. The second-order valence-electron chi connectivity index (χ2n) is 8.99. The summed E-state index contributed by atoms with van der Waals surface area (Å²) < 4.78 is 0. The number of likely N-dealkylation sites (tertiary alicyclic amines) is 2. The van der Waals surface area contributed by atoms with E-state index in [0.717, 1.165) is 64.1 Å². The lowest BCUT2D eigenvalue weighted by Gasteiger charge is -2.38. The van der Waals surface area contributed by atoms with Crippen LogP contribution in [0.15, 0.2) is 24.3 Å². The van der Waals surface area contributed by atoms with Crippen LogP contribution >= 0.6 is 12.4 Å². The first kappa shape index (κ1) is 22.1. The third-order valence-electron chi connectivity index (χ3n) is 7.02. The zero-order valence-corrected chi connectivity index (χ0v) is 18.3. The van der Waals surface area contributed by atoms with Gasteiger partial charge in [-0.05, 0) is 75.7 Å². The number of hydrogen-bond acceptors (Lipinski definition) is 3. The minimum Gasteiger partial charge on any atom is -0.342 e. The molecule has 3 aliphatic heterocycles. The normalized spacial score (nSPS) is 23.9. The van der Waals surface area contributed by atoms with Gasteiger partial charge in [-0.15, -0.1) is 12.4 Å². The summed E-state index contributed by atoms with van der Waals surface area (Å²) in [7, 11) is 0. The third-order valence-corrected chi connectivity index (χ3v) is 7.02. The van der Waals surface area contributed by atoms with Crippen molar-refractivity contribution in [3.05, 3.63) is 35.4 Å². The van der Waals surface area contributed by atoms with Crippen molar-refractivity contribution < 1.29 is 9.59 Å². The van der Waals surface area contributed by atoms with Gasteiger partial charge in [0.15, 0.2) is 0 Å². The Balaban J connectivity index is 0.00000240. The fourth-order valence-electron chi connectivity index (χ4n) is 5.19. The van der Waals surface area contributed by atoms with Crippen molar-refractivity contribution in [2.24, 2.45) is 11.3 Å². The van der Waals surface area contributed by atoms with Crippen molar-refractivity contribution in [2.75, 3.05) is 39.3 Å². The van der Waals surface area contributed by atoms with E-state index in [1.807, 2.05) is 28.9 Å². The summed E-state index contributed by atoms with van der Waals surface area (Å²) >= 11 is 0. The molecule has 1 unspecified atom stereocenters. The smallest absolute Gasteiger partial charge is 0.253 e. The van der Waals surface area contributed by atoms with Gasteiger partial charge in [0.2, 0.25) is 5.91 Å². The molecular weight excluding hydrogens is 386 g/mol. The van der Waals surface area contributed by atoms with E-state index in [1.54, 1.807) is 0 Å². The molecule has 0 radical (unpaired) electrons. The number of amides is 2. The number of nitrogens with one attached hydrogen (secondary N) is 1. The van der Waals surface area contributed by atoms with E-state index in [0.29, 0.717) is 12.3 Å². The first-order chi connectivity index (χ1) is 13.6. The molecule has 3 fully saturated rings. The van der Waals surface area contributed by atoms with E-state index in [9.17, 15) is 9.59 Å². The van der Waals surface area contributed by atoms with E-state index in [-0.39, 0.29) is 29.6 Å². The number of benzene rings is 1. The van der Waals surface area contributed by atoms with Gasteiger partial charge < -0.3 is 15.1 Å². The van der Waals surface area contributed by atoms with Crippen LogP contribution in [0.3, 0.4) is 0 Å². The number of carbonyl (C=O) groups is 2. The van der Waals surface area contributed by atoms with E-state index in [4.69, 9.17) is 0 Å². The van der Waals surface area contributed by atoms with Crippen LogP contribution in [-0.2, 0) is 11.2 Å². The quantitative estimate of drug-likeness (QED) is 0.815. The monoisotopic (exact) mass is 419 g/mol. The Bertz CT molecular complexity index is 707. The summed E-state index contributed by atoms with van der Waals surface area (Å²) in [6, 6.07) is 8.25. The zero-order chi connectivity index (χ0) is 19.6. The highest BCUT2D eigenvalue weighted by molar-refractivity contribution is 5.94. The molecule has 5 nitrogen and oxygen atoms in total. The van der Waals surface area contributed by atoms with Crippen LogP contribution in [-0.4, -0.2) is 60.9 Å².